The van der Waals surface area contributed by atoms with Gasteiger partial charge >= 0.3 is 0 Å². The molecular weight excluding hydrogens is 200 g/mol. The van der Waals surface area contributed by atoms with Gasteiger partial charge in [-0.05, 0) is 17.7 Å². The molecule has 0 atom stereocenters. The summed E-state index contributed by atoms with van der Waals surface area (Å²) in [4.78, 5) is 7.10. The molecule has 0 aromatic carbocycles. The lowest BCUT2D eigenvalue weighted by molar-refractivity contribution is 0.145. The van der Waals surface area contributed by atoms with Crippen LogP contribution in [0.5, 0.6) is 0 Å². The first-order valence-corrected chi connectivity index (χ1v) is 4.67. The van der Waals surface area contributed by atoms with Crippen molar-refractivity contribution in [2.24, 2.45) is 0 Å². The van der Waals surface area contributed by atoms with Gasteiger partial charge in [0.15, 0.2) is 0 Å². The molecule has 80 valence electrons. The third-order valence-corrected chi connectivity index (χ3v) is 2.15. The Bertz CT molecular complexity index is 439. The highest BCUT2D eigenvalue weighted by Gasteiger charge is 2.05. The monoisotopic (exact) mass is 211 g/mol. The van der Waals surface area contributed by atoms with Crippen LogP contribution in [0.15, 0.2) is 24.5 Å². The molecule has 0 saturated carbocycles. The first-order chi connectivity index (χ1) is 7.27. The van der Waals surface area contributed by atoms with E-state index in [1.165, 1.54) is 0 Å². The molecule has 2 heterocycles. The first-order valence-electron chi connectivity index (χ1n) is 4.67. The van der Waals surface area contributed by atoms with Crippen LogP contribution in [0.1, 0.15) is 5.56 Å². The van der Waals surface area contributed by atoms with Gasteiger partial charge in [0.25, 0.3) is 6.43 Å². The zero-order chi connectivity index (χ0) is 10.7. The van der Waals surface area contributed by atoms with Gasteiger partial charge in [0.2, 0.25) is 0 Å². The molecule has 3 nitrogen and oxygen atoms in total. The molecule has 0 fully saturated rings. The predicted octanol–water partition coefficient (Wildman–Crippen LogP) is 1.92. The molecule has 0 bridgehead atoms. The van der Waals surface area contributed by atoms with Crippen molar-refractivity contribution in [1.29, 1.82) is 0 Å². The molecule has 0 unspecified atom stereocenters. The minimum atomic E-state index is -2.31. The Morgan fingerprint density at radius 2 is 2.33 bits per heavy atom. The molecule has 0 aliphatic carbocycles. The lowest BCUT2D eigenvalue weighted by Gasteiger charge is -2.02. The fraction of sp³-hybridized carbons (Fsp3) is 0.300. The molecule has 15 heavy (non-hydrogen) atoms. The fourth-order valence-electron chi connectivity index (χ4n) is 1.47. The van der Waals surface area contributed by atoms with E-state index in [9.17, 15) is 8.78 Å². The summed E-state index contributed by atoms with van der Waals surface area (Å²) in [6.07, 6.45) is 1.17. The summed E-state index contributed by atoms with van der Waals surface area (Å²) in [7, 11) is 0. The number of fused-ring (bicyclic) bond motifs is 1. The van der Waals surface area contributed by atoms with Crippen LogP contribution in [0.2, 0.25) is 0 Å². The first kappa shape index (κ1) is 10.0. The number of pyridine rings is 1. The van der Waals surface area contributed by atoms with Gasteiger partial charge in [-0.3, -0.25) is 0 Å². The van der Waals surface area contributed by atoms with E-state index in [0.29, 0.717) is 6.54 Å². The van der Waals surface area contributed by atoms with Crippen LogP contribution in [0.3, 0.4) is 0 Å². The highest BCUT2D eigenvalue weighted by Crippen LogP contribution is 2.14. The number of aromatic amines is 1. The van der Waals surface area contributed by atoms with E-state index in [-0.39, 0.29) is 6.54 Å². The van der Waals surface area contributed by atoms with Crippen LogP contribution in [0.25, 0.3) is 11.0 Å². The van der Waals surface area contributed by atoms with E-state index in [2.05, 4.69) is 15.3 Å². The zero-order valence-electron chi connectivity index (χ0n) is 8.00. The van der Waals surface area contributed by atoms with Crippen LogP contribution >= 0.6 is 0 Å². The highest BCUT2D eigenvalue weighted by atomic mass is 19.3. The number of H-pyrrole nitrogens is 1. The van der Waals surface area contributed by atoms with Crippen molar-refractivity contribution in [1.82, 2.24) is 15.3 Å². The Morgan fingerprint density at radius 1 is 1.47 bits per heavy atom. The number of nitrogens with zero attached hydrogens (tertiary/aromatic N) is 1. The smallest absolute Gasteiger partial charge is 0.250 e. The number of halogens is 2. The molecule has 2 aromatic heterocycles. The molecule has 0 aliphatic rings. The SMILES string of the molecule is FC(F)CNCc1c[nH]c2ncccc12. The van der Waals surface area contributed by atoms with Crippen LogP contribution in [0.4, 0.5) is 8.78 Å². The van der Waals surface area contributed by atoms with Crippen molar-refractivity contribution in [3.63, 3.8) is 0 Å². The van der Waals surface area contributed by atoms with Gasteiger partial charge in [-0.25, -0.2) is 13.8 Å². The summed E-state index contributed by atoms with van der Waals surface area (Å²) >= 11 is 0. The van der Waals surface area contributed by atoms with E-state index >= 15 is 0 Å². The molecular formula is C10H11F2N3. The van der Waals surface area contributed by atoms with Gasteiger partial charge in [-0.15, -0.1) is 0 Å². The van der Waals surface area contributed by atoms with Crippen LogP contribution in [0, 0.1) is 0 Å². The Morgan fingerprint density at radius 3 is 3.13 bits per heavy atom. The van der Waals surface area contributed by atoms with Gasteiger partial charge in [-0.2, -0.15) is 0 Å². The van der Waals surface area contributed by atoms with E-state index in [4.69, 9.17) is 0 Å². The largest absolute Gasteiger partial charge is 0.346 e. The maximum atomic E-state index is 11.9. The van der Waals surface area contributed by atoms with Gasteiger partial charge in [0.1, 0.15) is 5.65 Å². The maximum absolute atomic E-state index is 11.9. The van der Waals surface area contributed by atoms with Gasteiger partial charge in [-0.1, -0.05) is 0 Å². The summed E-state index contributed by atoms with van der Waals surface area (Å²) in [5, 5.41) is 3.65. The van der Waals surface area contributed by atoms with Crippen LogP contribution in [-0.4, -0.2) is 22.9 Å². The summed E-state index contributed by atoms with van der Waals surface area (Å²) in [5.41, 5.74) is 1.74. The Labute approximate surface area is 85.5 Å². The fourth-order valence-corrected chi connectivity index (χ4v) is 1.47. The number of aromatic nitrogens is 2. The highest BCUT2D eigenvalue weighted by molar-refractivity contribution is 5.79. The molecule has 0 spiro atoms. The number of hydrogen-bond acceptors (Lipinski definition) is 2. The van der Waals surface area contributed by atoms with Crippen molar-refractivity contribution in [3.05, 3.63) is 30.1 Å². The molecule has 2 N–H and O–H groups in total. The Hall–Kier alpha value is -1.49. The third-order valence-electron chi connectivity index (χ3n) is 2.15. The second-order valence-electron chi connectivity index (χ2n) is 3.24. The average molecular weight is 211 g/mol. The molecule has 0 amide bonds. The molecule has 0 saturated heterocycles. The lowest BCUT2D eigenvalue weighted by atomic mass is 10.2. The lowest BCUT2D eigenvalue weighted by Crippen LogP contribution is -2.20. The van der Waals surface area contributed by atoms with E-state index in [1.54, 1.807) is 12.4 Å². The Balaban J connectivity index is 2.08. The zero-order valence-corrected chi connectivity index (χ0v) is 8.00. The number of nitrogens with one attached hydrogen (secondary N) is 2. The molecule has 2 aromatic rings. The topological polar surface area (TPSA) is 40.7 Å². The van der Waals surface area contributed by atoms with Gasteiger partial charge < -0.3 is 10.3 Å². The number of alkyl halides is 2. The third kappa shape index (κ3) is 2.30. The standard InChI is InChI=1S/C10H11F2N3/c11-9(12)6-13-4-7-5-15-10-8(7)2-1-3-14-10/h1-3,5,9,13H,4,6H2,(H,14,15). The van der Waals surface area contributed by atoms with Crippen LogP contribution in [-0.2, 0) is 6.54 Å². The van der Waals surface area contributed by atoms with E-state index in [0.717, 1.165) is 16.6 Å². The maximum Gasteiger partial charge on any atom is 0.250 e. The second-order valence-corrected chi connectivity index (χ2v) is 3.24. The molecule has 0 radical (unpaired) electrons. The average Bonchev–Trinajstić information content (AvgIpc) is 2.62. The number of hydrogen-bond donors (Lipinski definition) is 2. The van der Waals surface area contributed by atoms with Crippen molar-refractivity contribution in [2.45, 2.75) is 13.0 Å². The number of rotatable bonds is 4. The summed E-state index contributed by atoms with van der Waals surface area (Å²) in [5.74, 6) is 0. The minimum absolute atomic E-state index is 0.285. The predicted molar refractivity (Wildman–Crippen MR) is 53.8 cm³/mol. The summed E-state index contributed by atoms with van der Waals surface area (Å²) in [6.45, 7) is 0.142. The van der Waals surface area contributed by atoms with Gasteiger partial charge in [0, 0.05) is 24.3 Å². The summed E-state index contributed by atoms with van der Waals surface area (Å²) < 4.78 is 23.8. The minimum Gasteiger partial charge on any atom is -0.346 e. The summed E-state index contributed by atoms with van der Waals surface area (Å²) in [6, 6.07) is 3.74. The second kappa shape index (κ2) is 4.35. The van der Waals surface area contributed by atoms with Crippen molar-refractivity contribution >= 4 is 11.0 Å². The molecule has 0 aliphatic heterocycles. The van der Waals surface area contributed by atoms with Crippen LogP contribution < -0.4 is 5.32 Å². The molecule has 2 rings (SSSR count). The van der Waals surface area contributed by atoms with Crippen molar-refractivity contribution < 1.29 is 8.78 Å². The molecule has 5 heteroatoms. The van der Waals surface area contributed by atoms with E-state index in [1.807, 2.05) is 12.1 Å². The van der Waals surface area contributed by atoms with E-state index < -0.39 is 6.43 Å². The van der Waals surface area contributed by atoms with Gasteiger partial charge in [0.05, 0.1) is 6.54 Å². The Kier molecular flexibility index (Phi) is 2.91. The van der Waals surface area contributed by atoms with Crippen molar-refractivity contribution in [2.75, 3.05) is 6.54 Å². The normalized spacial score (nSPS) is 11.4. The quantitative estimate of drug-likeness (QED) is 0.811. The van der Waals surface area contributed by atoms with Crippen molar-refractivity contribution in [3.8, 4) is 0 Å².